The SMILES string of the molecule is CC(C)(OC(=O)OC(C)(C)c1cc(F)cc(F)c1)c1cc(F)cc(F)c1. The van der Waals surface area contributed by atoms with Gasteiger partial charge in [-0.2, -0.15) is 0 Å². The molecule has 2 aromatic rings. The second kappa shape index (κ2) is 6.97. The van der Waals surface area contributed by atoms with Crippen molar-refractivity contribution in [3.8, 4) is 0 Å². The lowest BCUT2D eigenvalue weighted by Gasteiger charge is -2.30. The van der Waals surface area contributed by atoms with Crippen LogP contribution in [0.1, 0.15) is 38.8 Å². The van der Waals surface area contributed by atoms with E-state index in [1.807, 2.05) is 0 Å². The van der Waals surface area contributed by atoms with E-state index in [1.165, 1.54) is 27.7 Å². The lowest BCUT2D eigenvalue weighted by atomic mass is 9.97. The van der Waals surface area contributed by atoms with Gasteiger partial charge in [0.05, 0.1) is 0 Å². The van der Waals surface area contributed by atoms with Crippen molar-refractivity contribution in [3.63, 3.8) is 0 Å². The molecular formula is C19H18F4O3. The van der Waals surface area contributed by atoms with Crippen LogP contribution in [0.2, 0.25) is 0 Å². The van der Waals surface area contributed by atoms with E-state index in [1.54, 1.807) is 0 Å². The fourth-order valence-corrected chi connectivity index (χ4v) is 2.36. The Labute approximate surface area is 148 Å². The van der Waals surface area contributed by atoms with Crippen LogP contribution in [0, 0.1) is 23.3 Å². The van der Waals surface area contributed by atoms with E-state index in [4.69, 9.17) is 9.47 Å². The van der Waals surface area contributed by atoms with Crippen molar-refractivity contribution in [2.24, 2.45) is 0 Å². The van der Waals surface area contributed by atoms with Crippen LogP contribution < -0.4 is 0 Å². The van der Waals surface area contributed by atoms with Gasteiger partial charge in [0.1, 0.15) is 34.5 Å². The summed E-state index contributed by atoms with van der Waals surface area (Å²) in [7, 11) is 0. The molecule has 0 fully saturated rings. The van der Waals surface area contributed by atoms with Gasteiger partial charge in [0.25, 0.3) is 0 Å². The number of halogens is 4. The molecule has 26 heavy (non-hydrogen) atoms. The van der Waals surface area contributed by atoms with E-state index in [0.717, 1.165) is 24.3 Å². The van der Waals surface area contributed by atoms with E-state index < -0.39 is 40.6 Å². The van der Waals surface area contributed by atoms with Crippen molar-refractivity contribution in [2.45, 2.75) is 38.9 Å². The summed E-state index contributed by atoms with van der Waals surface area (Å²) < 4.78 is 63.9. The highest BCUT2D eigenvalue weighted by Crippen LogP contribution is 2.31. The average Bonchev–Trinajstić information content (AvgIpc) is 2.43. The highest BCUT2D eigenvalue weighted by atomic mass is 19.1. The fourth-order valence-electron chi connectivity index (χ4n) is 2.36. The van der Waals surface area contributed by atoms with Crippen LogP contribution in [-0.2, 0) is 20.7 Å². The maximum Gasteiger partial charge on any atom is 0.510 e. The minimum atomic E-state index is -1.40. The predicted octanol–water partition coefficient (Wildman–Crippen LogP) is 5.57. The molecule has 3 nitrogen and oxygen atoms in total. The summed E-state index contributed by atoms with van der Waals surface area (Å²) in [5.74, 6) is -3.28. The number of carbonyl (C=O) groups is 1. The molecule has 0 aromatic heterocycles. The molecule has 0 saturated carbocycles. The van der Waals surface area contributed by atoms with Crippen LogP contribution in [0.15, 0.2) is 36.4 Å². The highest BCUT2D eigenvalue weighted by molar-refractivity contribution is 5.62. The van der Waals surface area contributed by atoms with E-state index >= 15 is 0 Å². The Balaban J connectivity index is 2.18. The standard InChI is InChI=1S/C19H18F4O3/c1-18(2,11-5-13(20)9-14(21)6-11)25-17(24)26-19(3,4)12-7-15(22)10-16(23)8-12/h5-10H,1-4H3. The molecule has 0 heterocycles. The van der Waals surface area contributed by atoms with Crippen molar-refractivity contribution in [1.82, 2.24) is 0 Å². The number of ether oxygens (including phenoxy) is 2. The topological polar surface area (TPSA) is 35.5 Å². The molecule has 0 aliphatic heterocycles. The van der Waals surface area contributed by atoms with Gasteiger partial charge in [0, 0.05) is 23.3 Å². The van der Waals surface area contributed by atoms with Crippen molar-refractivity contribution >= 4 is 6.16 Å². The third-order valence-electron chi connectivity index (χ3n) is 3.79. The molecule has 0 spiro atoms. The largest absolute Gasteiger partial charge is 0.510 e. The van der Waals surface area contributed by atoms with Crippen LogP contribution in [0.5, 0.6) is 0 Å². The first-order valence-electron chi connectivity index (χ1n) is 7.74. The first-order valence-corrected chi connectivity index (χ1v) is 7.74. The normalized spacial score (nSPS) is 12.0. The first-order chi connectivity index (χ1) is 11.9. The molecule has 0 aliphatic rings. The second-order valence-electron chi connectivity index (χ2n) is 6.79. The van der Waals surface area contributed by atoms with Crippen molar-refractivity contribution < 1.29 is 31.8 Å². The molecule has 0 atom stereocenters. The van der Waals surface area contributed by atoms with Crippen LogP contribution in [0.4, 0.5) is 22.4 Å². The minimum Gasteiger partial charge on any atom is -0.423 e. The number of rotatable bonds is 4. The molecule has 0 unspecified atom stereocenters. The van der Waals surface area contributed by atoms with Crippen LogP contribution in [0.3, 0.4) is 0 Å². The summed E-state index contributed by atoms with van der Waals surface area (Å²) in [5, 5.41) is 0. The van der Waals surface area contributed by atoms with Gasteiger partial charge in [-0.3, -0.25) is 0 Å². The maximum absolute atomic E-state index is 13.4. The smallest absolute Gasteiger partial charge is 0.423 e. The van der Waals surface area contributed by atoms with Gasteiger partial charge in [-0.15, -0.1) is 0 Å². The van der Waals surface area contributed by atoms with Gasteiger partial charge < -0.3 is 9.47 Å². The summed E-state index contributed by atoms with van der Waals surface area (Å²) in [6.45, 7) is 5.71. The van der Waals surface area contributed by atoms with Crippen LogP contribution in [0.25, 0.3) is 0 Å². The van der Waals surface area contributed by atoms with E-state index in [2.05, 4.69) is 0 Å². The van der Waals surface area contributed by atoms with E-state index in [9.17, 15) is 22.4 Å². The van der Waals surface area contributed by atoms with Gasteiger partial charge in [-0.1, -0.05) is 0 Å². The maximum atomic E-state index is 13.4. The molecule has 0 N–H and O–H groups in total. The number of carbonyl (C=O) groups excluding carboxylic acids is 1. The fraction of sp³-hybridized carbons (Fsp3) is 0.316. The van der Waals surface area contributed by atoms with Gasteiger partial charge in [-0.25, -0.2) is 22.4 Å². The molecule has 0 amide bonds. The van der Waals surface area contributed by atoms with E-state index in [0.29, 0.717) is 12.1 Å². The van der Waals surface area contributed by atoms with E-state index in [-0.39, 0.29) is 11.1 Å². The Morgan fingerprint density at radius 3 is 1.19 bits per heavy atom. The summed E-state index contributed by atoms with van der Waals surface area (Å²) in [4.78, 5) is 12.1. The highest BCUT2D eigenvalue weighted by Gasteiger charge is 2.32. The molecule has 0 radical (unpaired) electrons. The molecule has 2 rings (SSSR count). The first kappa shape index (κ1) is 19.8. The van der Waals surface area contributed by atoms with Gasteiger partial charge >= 0.3 is 6.16 Å². The monoisotopic (exact) mass is 370 g/mol. The molecule has 0 saturated heterocycles. The molecule has 140 valence electrons. The number of benzene rings is 2. The quantitative estimate of drug-likeness (QED) is 0.522. The zero-order chi connectivity index (χ0) is 19.7. The lowest BCUT2D eigenvalue weighted by Crippen LogP contribution is -2.32. The minimum absolute atomic E-state index is 0.0848. The molecule has 0 aliphatic carbocycles. The van der Waals surface area contributed by atoms with Gasteiger partial charge in [0.15, 0.2) is 0 Å². The summed E-state index contributed by atoms with van der Waals surface area (Å²) >= 11 is 0. The van der Waals surface area contributed by atoms with Crippen molar-refractivity contribution in [3.05, 3.63) is 70.8 Å². The molecule has 2 aromatic carbocycles. The van der Waals surface area contributed by atoms with Crippen LogP contribution >= 0.6 is 0 Å². The second-order valence-corrected chi connectivity index (χ2v) is 6.79. The van der Waals surface area contributed by atoms with Crippen molar-refractivity contribution in [1.29, 1.82) is 0 Å². The Morgan fingerprint density at radius 2 is 0.923 bits per heavy atom. The Morgan fingerprint density at radius 1 is 0.654 bits per heavy atom. The third-order valence-corrected chi connectivity index (χ3v) is 3.79. The zero-order valence-electron chi connectivity index (χ0n) is 14.7. The molecule has 7 heteroatoms. The van der Waals surface area contributed by atoms with Gasteiger partial charge in [0.2, 0.25) is 0 Å². The Hall–Kier alpha value is -2.57. The average molecular weight is 370 g/mol. The van der Waals surface area contributed by atoms with Gasteiger partial charge in [-0.05, 0) is 52.0 Å². The lowest BCUT2D eigenvalue weighted by molar-refractivity contribution is -0.0637. The zero-order valence-corrected chi connectivity index (χ0v) is 14.7. The predicted molar refractivity (Wildman–Crippen MR) is 86.3 cm³/mol. The molecule has 0 bridgehead atoms. The Kier molecular flexibility index (Phi) is 5.30. The van der Waals surface area contributed by atoms with Crippen molar-refractivity contribution in [2.75, 3.05) is 0 Å². The summed E-state index contributed by atoms with van der Waals surface area (Å²) in [6, 6.07) is 5.51. The molecular weight excluding hydrogens is 352 g/mol. The van der Waals surface area contributed by atoms with Crippen LogP contribution in [-0.4, -0.2) is 6.16 Å². The number of hydrogen-bond acceptors (Lipinski definition) is 3. The summed E-state index contributed by atoms with van der Waals surface area (Å²) in [5.41, 5.74) is -2.63. The summed E-state index contributed by atoms with van der Waals surface area (Å²) in [6.07, 6.45) is -1.16. The third kappa shape index (κ3) is 4.74. The number of hydrogen-bond donors (Lipinski definition) is 0. The Bertz CT molecular complexity index is 724.